The zero-order chi connectivity index (χ0) is 14.8. The second kappa shape index (κ2) is 5.62. The molecule has 0 aromatic carbocycles. The Kier molecular flexibility index (Phi) is 4.08. The van der Waals surface area contributed by atoms with Crippen LogP contribution in [-0.2, 0) is 6.18 Å². The summed E-state index contributed by atoms with van der Waals surface area (Å²) < 4.78 is 38.6. The lowest BCUT2D eigenvalue weighted by molar-refractivity contribution is -0.137. The molecule has 0 aliphatic rings. The smallest absolute Gasteiger partial charge is 0.310 e. The van der Waals surface area contributed by atoms with E-state index in [1.165, 1.54) is 0 Å². The van der Waals surface area contributed by atoms with Gasteiger partial charge in [0.05, 0.1) is 11.8 Å². The van der Waals surface area contributed by atoms with Gasteiger partial charge < -0.3 is 5.32 Å². The first-order valence-electron chi connectivity index (χ1n) is 6.23. The fraction of sp³-hybridized carbons (Fsp3) is 0.385. The summed E-state index contributed by atoms with van der Waals surface area (Å²) >= 11 is 0. The van der Waals surface area contributed by atoms with Crippen LogP contribution in [0.25, 0.3) is 5.82 Å². The number of hydrogen-bond acceptors (Lipinski definition) is 3. The number of nitrogens with zero attached hydrogens (tertiary/aromatic N) is 3. The van der Waals surface area contributed by atoms with Gasteiger partial charge in [0.15, 0.2) is 5.82 Å². The predicted octanol–water partition coefficient (Wildman–Crippen LogP) is 2.96. The van der Waals surface area contributed by atoms with E-state index in [0.29, 0.717) is 5.82 Å². The van der Waals surface area contributed by atoms with E-state index in [4.69, 9.17) is 0 Å². The van der Waals surface area contributed by atoms with E-state index in [-0.39, 0.29) is 6.04 Å². The van der Waals surface area contributed by atoms with Gasteiger partial charge in [-0.3, -0.25) is 0 Å². The van der Waals surface area contributed by atoms with Crippen LogP contribution in [0.1, 0.15) is 31.0 Å². The minimum absolute atomic E-state index is 0.143. The van der Waals surface area contributed by atoms with E-state index in [1.54, 1.807) is 12.3 Å². The minimum atomic E-state index is -4.39. The second-order valence-electron chi connectivity index (χ2n) is 4.40. The van der Waals surface area contributed by atoms with Crippen LogP contribution in [0.4, 0.5) is 13.2 Å². The van der Waals surface area contributed by atoms with E-state index >= 15 is 0 Å². The average molecular weight is 284 g/mol. The maximum Gasteiger partial charge on any atom is 0.419 e. The van der Waals surface area contributed by atoms with Gasteiger partial charge in [0.1, 0.15) is 0 Å². The van der Waals surface area contributed by atoms with E-state index in [0.717, 1.165) is 29.2 Å². The summed E-state index contributed by atoms with van der Waals surface area (Å²) in [5, 5.41) is 6.92. The molecule has 7 heteroatoms. The molecule has 0 amide bonds. The molecule has 1 atom stereocenters. The fourth-order valence-corrected chi connectivity index (χ4v) is 1.81. The maximum absolute atomic E-state index is 12.5. The zero-order valence-electron chi connectivity index (χ0n) is 11.1. The van der Waals surface area contributed by atoms with Crippen LogP contribution in [-0.4, -0.2) is 21.3 Å². The predicted molar refractivity (Wildman–Crippen MR) is 68.5 cm³/mol. The first kappa shape index (κ1) is 14.5. The van der Waals surface area contributed by atoms with Crippen molar-refractivity contribution in [2.75, 3.05) is 6.54 Å². The van der Waals surface area contributed by atoms with Crippen molar-refractivity contribution in [3.8, 4) is 5.82 Å². The first-order valence-corrected chi connectivity index (χ1v) is 6.23. The summed E-state index contributed by atoms with van der Waals surface area (Å²) in [6, 6.07) is 3.62. The van der Waals surface area contributed by atoms with Gasteiger partial charge in [-0.2, -0.15) is 18.3 Å². The molecular formula is C13H15F3N4. The highest BCUT2D eigenvalue weighted by molar-refractivity contribution is 5.27. The van der Waals surface area contributed by atoms with Crippen LogP contribution < -0.4 is 5.32 Å². The number of halogens is 3. The lowest BCUT2D eigenvalue weighted by atomic mass is 10.1. The van der Waals surface area contributed by atoms with Crippen LogP contribution in [0.5, 0.6) is 0 Å². The molecule has 1 N–H and O–H groups in total. The number of nitrogens with one attached hydrogen (secondary N) is 1. The molecule has 2 heterocycles. The lowest BCUT2D eigenvalue weighted by Crippen LogP contribution is -2.17. The van der Waals surface area contributed by atoms with Crippen molar-refractivity contribution in [1.29, 1.82) is 0 Å². The summed E-state index contributed by atoms with van der Waals surface area (Å²) in [6.07, 6.45) is -1.04. The molecule has 0 spiro atoms. The molecule has 4 nitrogen and oxygen atoms in total. The van der Waals surface area contributed by atoms with Gasteiger partial charge in [-0.25, -0.2) is 9.67 Å². The van der Waals surface area contributed by atoms with Crippen LogP contribution in [0.3, 0.4) is 0 Å². The third-order valence-corrected chi connectivity index (χ3v) is 2.93. The molecule has 20 heavy (non-hydrogen) atoms. The number of hydrogen-bond donors (Lipinski definition) is 1. The van der Waals surface area contributed by atoms with Crippen LogP contribution in [0.15, 0.2) is 30.7 Å². The SMILES string of the molecule is CCNC(C)c1ccc(-n2cc(C(F)(F)F)cn2)nc1. The zero-order valence-corrected chi connectivity index (χ0v) is 11.1. The van der Waals surface area contributed by atoms with Crippen molar-refractivity contribution in [2.45, 2.75) is 26.1 Å². The number of alkyl halides is 3. The Morgan fingerprint density at radius 2 is 2.05 bits per heavy atom. The van der Waals surface area contributed by atoms with E-state index in [1.807, 2.05) is 19.9 Å². The topological polar surface area (TPSA) is 42.7 Å². The Hall–Kier alpha value is -1.89. The Morgan fingerprint density at radius 1 is 1.30 bits per heavy atom. The molecule has 0 saturated heterocycles. The van der Waals surface area contributed by atoms with Crippen molar-refractivity contribution in [2.24, 2.45) is 0 Å². The number of aromatic nitrogens is 3. The standard InChI is InChI=1S/C13H15F3N4/c1-3-17-9(2)10-4-5-12(18-6-10)20-8-11(7-19-20)13(14,15)16/h4-9,17H,3H2,1-2H3. The fourth-order valence-electron chi connectivity index (χ4n) is 1.81. The van der Waals surface area contributed by atoms with Gasteiger partial charge >= 0.3 is 6.18 Å². The quantitative estimate of drug-likeness (QED) is 0.938. The Balaban J connectivity index is 2.20. The highest BCUT2D eigenvalue weighted by Gasteiger charge is 2.32. The highest BCUT2D eigenvalue weighted by atomic mass is 19.4. The minimum Gasteiger partial charge on any atom is -0.310 e. The Labute approximate surface area is 114 Å². The molecule has 0 fully saturated rings. The number of pyridine rings is 1. The van der Waals surface area contributed by atoms with Crippen molar-refractivity contribution in [3.05, 3.63) is 41.9 Å². The second-order valence-corrected chi connectivity index (χ2v) is 4.40. The molecule has 0 radical (unpaired) electrons. The Bertz CT molecular complexity index is 560. The monoisotopic (exact) mass is 284 g/mol. The first-order chi connectivity index (χ1) is 9.41. The molecular weight excluding hydrogens is 269 g/mol. The summed E-state index contributed by atoms with van der Waals surface area (Å²) in [7, 11) is 0. The largest absolute Gasteiger partial charge is 0.419 e. The maximum atomic E-state index is 12.5. The van der Waals surface area contributed by atoms with Gasteiger partial charge in [0, 0.05) is 18.4 Å². The molecule has 0 bridgehead atoms. The van der Waals surface area contributed by atoms with Crippen LogP contribution >= 0.6 is 0 Å². The molecule has 2 rings (SSSR count). The van der Waals surface area contributed by atoms with E-state index in [9.17, 15) is 13.2 Å². The number of rotatable bonds is 4. The van der Waals surface area contributed by atoms with E-state index in [2.05, 4.69) is 15.4 Å². The van der Waals surface area contributed by atoms with Crippen molar-refractivity contribution >= 4 is 0 Å². The normalized spacial score (nSPS) is 13.4. The van der Waals surface area contributed by atoms with Gasteiger partial charge in [0.25, 0.3) is 0 Å². The highest BCUT2D eigenvalue weighted by Crippen LogP contribution is 2.28. The van der Waals surface area contributed by atoms with Crippen molar-refractivity contribution in [1.82, 2.24) is 20.1 Å². The third-order valence-electron chi connectivity index (χ3n) is 2.93. The molecule has 2 aromatic heterocycles. The summed E-state index contributed by atoms with van der Waals surface area (Å²) in [5.41, 5.74) is 0.184. The van der Waals surface area contributed by atoms with Crippen LogP contribution in [0.2, 0.25) is 0 Å². The molecule has 0 aliphatic heterocycles. The summed E-state index contributed by atoms with van der Waals surface area (Å²) in [4.78, 5) is 4.14. The summed E-state index contributed by atoms with van der Waals surface area (Å²) in [6.45, 7) is 4.83. The van der Waals surface area contributed by atoms with Crippen LogP contribution in [0, 0.1) is 0 Å². The van der Waals surface area contributed by atoms with Gasteiger partial charge in [-0.05, 0) is 25.1 Å². The van der Waals surface area contributed by atoms with Gasteiger partial charge in [-0.15, -0.1) is 0 Å². The molecule has 108 valence electrons. The van der Waals surface area contributed by atoms with Gasteiger partial charge in [0.2, 0.25) is 0 Å². The lowest BCUT2D eigenvalue weighted by Gasteiger charge is -2.12. The average Bonchev–Trinajstić information content (AvgIpc) is 2.89. The Morgan fingerprint density at radius 3 is 2.55 bits per heavy atom. The van der Waals surface area contributed by atoms with E-state index < -0.39 is 11.7 Å². The molecule has 0 saturated carbocycles. The van der Waals surface area contributed by atoms with Gasteiger partial charge in [-0.1, -0.05) is 13.0 Å². The van der Waals surface area contributed by atoms with Crippen molar-refractivity contribution in [3.63, 3.8) is 0 Å². The van der Waals surface area contributed by atoms with Crippen molar-refractivity contribution < 1.29 is 13.2 Å². The summed E-state index contributed by atoms with van der Waals surface area (Å²) in [5.74, 6) is 0.355. The third kappa shape index (κ3) is 3.16. The molecule has 2 aromatic rings. The molecule has 1 unspecified atom stereocenters. The molecule has 0 aliphatic carbocycles.